The Morgan fingerprint density at radius 3 is 2.48 bits per heavy atom. The minimum absolute atomic E-state index is 0.00707. The quantitative estimate of drug-likeness (QED) is 0.277. The molecule has 0 spiro atoms. The Balaban J connectivity index is 1.33. The van der Waals surface area contributed by atoms with Crippen LogP contribution in [0.15, 0.2) is 36.7 Å². The van der Waals surface area contributed by atoms with Gasteiger partial charge in [-0.05, 0) is 112 Å². The average molecular weight is 715 g/mol. The van der Waals surface area contributed by atoms with Crippen LogP contribution in [0.25, 0.3) is 0 Å². The van der Waals surface area contributed by atoms with Gasteiger partial charge in [-0.2, -0.15) is 5.10 Å². The maximum Gasteiger partial charge on any atom is 0.410 e. The van der Waals surface area contributed by atoms with E-state index in [9.17, 15) is 9.59 Å². The molecule has 1 N–H and O–H groups in total. The van der Waals surface area contributed by atoms with Crippen LogP contribution in [0.1, 0.15) is 85.3 Å². The minimum atomic E-state index is -0.534. The molecule has 11 heteroatoms. The number of carbonyl (C=O) groups is 2. The van der Waals surface area contributed by atoms with Crippen molar-refractivity contribution < 1.29 is 19.1 Å². The summed E-state index contributed by atoms with van der Waals surface area (Å²) in [6.45, 7) is 14.1. The van der Waals surface area contributed by atoms with Gasteiger partial charge in [0, 0.05) is 62.8 Å². The lowest BCUT2D eigenvalue weighted by Crippen LogP contribution is -2.55. The number of ether oxygens (including phenoxy) is 2. The van der Waals surface area contributed by atoms with Crippen LogP contribution >= 0.6 is 22.6 Å². The summed E-state index contributed by atoms with van der Waals surface area (Å²) in [7, 11) is 1.83. The number of nitrogens with zero attached hydrogens (tertiary/aromatic N) is 5. The minimum Gasteiger partial charge on any atom is -0.482 e. The van der Waals surface area contributed by atoms with Gasteiger partial charge >= 0.3 is 6.09 Å². The third kappa shape index (κ3) is 7.90. The molecule has 1 aliphatic carbocycles. The Kier molecular flexibility index (Phi) is 9.55. The standard InChI is InChI=1S/C33H43IN6O4/c1-20-14-28(26(34)15-25(20)31(41)36-30-21(2)17-38(7)37-30)43-29(27-11-10-24(16-35-27)23-8-9-23)19-39-12-13-40(22(3)18-39)32(42)44-33(4,5)6/h10-11,14-17,22-23,29H,8-9,12-13,18-19H2,1-7H3,(H,36,37,41)/t22-,29-/m1/s1. The summed E-state index contributed by atoms with van der Waals surface area (Å²) in [6, 6.07) is 8.03. The molecule has 2 aromatic heterocycles. The van der Waals surface area contributed by atoms with Gasteiger partial charge in [0.05, 0.1) is 9.26 Å². The Morgan fingerprint density at radius 1 is 1.14 bits per heavy atom. The lowest BCUT2D eigenvalue weighted by molar-refractivity contribution is -0.00319. The number of rotatable bonds is 8. The van der Waals surface area contributed by atoms with E-state index in [0.717, 1.165) is 20.4 Å². The topological polar surface area (TPSA) is 102 Å². The van der Waals surface area contributed by atoms with Gasteiger partial charge in [0.1, 0.15) is 11.4 Å². The Labute approximate surface area is 273 Å². The molecule has 1 saturated heterocycles. The molecule has 0 bridgehead atoms. The highest BCUT2D eigenvalue weighted by Crippen LogP contribution is 2.40. The highest BCUT2D eigenvalue weighted by molar-refractivity contribution is 14.1. The van der Waals surface area contributed by atoms with Crippen LogP contribution < -0.4 is 10.1 Å². The average Bonchev–Trinajstić information content (AvgIpc) is 3.74. The molecular formula is C33H43IN6O4. The van der Waals surface area contributed by atoms with Crippen LogP contribution in [0.5, 0.6) is 5.75 Å². The third-order valence-electron chi connectivity index (χ3n) is 7.99. The van der Waals surface area contributed by atoms with E-state index < -0.39 is 5.60 Å². The summed E-state index contributed by atoms with van der Waals surface area (Å²) >= 11 is 2.23. The van der Waals surface area contributed by atoms with Crippen molar-refractivity contribution in [3.63, 3.8) is 0 Å². The lowest BCUT2D eigenvalue weighted by atomic mass is 10.1. The molecule has 44 heavy (non-hydrogen) atoms. The van der Waals surface area contributed by atoms with Crippen LogP contribution in [0.4, 0.5) is 10.6 Å². The molecule has 2 amide bonds. The highest BCUT2D eigenvalue weighted by Gasteiger charge is 2.33. The zero-order valence-corrected chi connectivity index (χ0v) is 28.8. The fraction of sp³-hybridized carbons (Fsp3) is 0.515. The van der Waals surface area contributed by atoms with Crippen molar-refractivity contribution in [2.45, 2.75) is 78.0 Å². The second kappa shape index (κ2) is 13.0. The van der Waals surface area contributed by atoms with Crippen molar-refractivity contribution >= 4 is 40.4 Å². The van der Waals surface area contributed by atoms with E-state index in [1.807, 2.05) is 71.1 Å². The van der Waals surface area contributed by atoms with Crippen LogP contribution in [0, 0.1) is 17.4 Å². The van der Waals surface area contributed by atoms with E-state index in [1.54, 1.807) is 4.68 Å². The predicted octanol–water partition coefficient (Wildman–Crippen LogP) is 6.23. The summed E-state index contributed by atoms with van der Waals surface area (Å²) in [5.74, 6) is 1.66. The number of amides is 2. The maximum absolute atomic E-state index is 13.2. The lowest BCUT2D eigenvalue weighted by Gasteiger charge is -2.41. The Bertz CT molecular complexity index is 1510. The van der Waals surface area contributed by atoms with Gasteiger partial charge in [-0.3, -0.25) is 19.4 Å². The largest absolute Gasteiger partial charge is 0.482 e. The third-order valence-corrected chi connectivity index (χ3v) is 8.83. The number of pyridine rings is 1. The van der Waals surface area contributed by atoms with Crippen molar-refractivity contribution in [2.24, 2.45) is 7.05 Å². The molecule has 236 valence electrons. The number of aromatic nitrogens is 3. The molecule has 1 aliphatic heterocycles. The van der Waals surface area contributed by atoms with Crippen LogP contribution in [0.3, 0.4) is 0 Å². The van der Waals surface area contributed by atoms with E-state index >= 15 is 0 Å². The van der Waals surface area contributed by atoms with Gasteiger partial charge in [-0.1, -0.05) is 6.07 Å². The number of aryl methyl sites for hydroxylation is 3. The number of hydrogen-bond acceptors (Lipinski definition) is 7. The number of benzene rings is 1. The first-order valence-electron chi connectivity index (χ1n) is 15.2. The van der Waals surface area contributed by atoms with Crippen LogP contribution in [-0.4, -0.2) is 74.4 Å². The Hall–Kier alpha value is -3.19. The predicted molar refractivity (Wildman–Crippen MR) is 178 cm³/mol. The first-order chi connectivity index (χ1) is 20.8. The van der Waals surface area contributed by atoms with E-state index in [0.29, 0.717) is 49.2 Å². The van der Waals surface area contributed by atoms with Gasteiger partial charge in [0.2, 0.25) is 0 Å². The van der Waals surface area contributed by atoms with E-state index in [-0.39, 0.29) is 24.1 Å². The van der Waals surface area contributed by atoms with Crippen molar-refractivity contribution in [3.05, 3.63) is 68.2 Å². The summed E-state index contributed by atoms with van der Waals surface area (Å²) in [5.41, 5.74) is 3.88. The van der Waals surface area contributed by atoms with Gasteiger partial charge in [-0.15, -0.1) is 0 Å². The smallest absolute Gasteiger partial charge is 0.410 e. The first-order valence-corrected chi connectivity index (χ1v) is 16.3. The Morgan fingerprint density at radius 2 is 1.89 bits per heavy atom. The molecule has 2 aliphatic rings. The molecule has 1 saturated carbocycles. The summed E-state index contributed by atoms with van der Waals surface area (Å²) in [4.78, 5) is 34.9. The SMILES string of the molecule is Cc1cc(O[C@H](CN2CCN(C(=O)OC(C)(C)C)[C@H](C)C2)c2ccc(C3CC3)cn2)c(I)cc1C(=O)Nc1nn(C)cc1C. The molecule has 0 radical (unpaired) electrons. The number of piperazine rings is 1. The van der Waals surface area contributed by atoms with E-state index in [2.05, 4.69) is 57.0 Å². The number of halogens is 1. The molecule has 10 nitrogen and oxygen atoms in total. The number of carbonyl (C=O) groups excluding carboxylic acids is 2. The molecule has 1 aromatic carbocycles. The molecule has 0 unspecified atom stereocenters. The normalized spacial score (nSPS) is 18.2. The summed E-state index contributed by atoms with van der Waals surface area (Å²) in [5, 5.41) is 7.28. The number of hydrogen-bond donors (Lipinski definition) is 1. The van der Waals surface area contributed by atoms with Crippen LogP contribution in [-0.2, 0) is 11.8 Å². The van der Waals surface area contributed by atoms with Crippen molar-refractivity contribution in [2.75, 3.05) is 31.5 Å². The summed E-state index contributed by atoms with van der Waals surface area (Å²) in [6.07, 6.45) is 5.67. The van der Waals surface area contributed by atoms with E-state index in [1.165, 1.54) is 18.4 Å². The molecule has 5 rings (SSSR count). The van der Waals surface area contributed by atoms with Crippen molar-refractivity contribution in [1.29, 1.82) is 0 Å². The van der Waals surface area contributed by atoms with Crippen molar-refractivity contribution in [1.82, 2.24) is 24.6 Å². The summed E-state index contributed by atoms with van der Waals surface area (Å²) < 4.78 is 14.9. The number of nitrogens with one attached hydrogen (secondary N) is 1. The fourth-order valence-corrected chi connectivity index (χ4v) is 6.12. The van der Waals surface area contributed by atoms with Gasteiger partial charge in [-0.25, -0.2) is 4.79 Å². The van der Waals surface area contributed by atoms with Crippen LogP contribution in [0.2, 0.25) is 0 Å². The van der Waals surface area contributed by atoms with Gasteiger partial charge in [0.15, 0.2) is 11.9 Å². The zero-order valence-electron chi connectivity index (χ0n) is 26.7. The second-order valence-corrected chi connectivity index (χ2v) is 14.2. The molecule has 3 heterocycles. The second-order valence-electron chi connectivity index (χ2n) is 13.1. The molecule has 2 atom stereocenters. The molecule has 3 aromatic rings. The zero-order chi connectivity index (χ0) is 31.8. The first kappa shape index (κ1) is 32.2. The number of anilines is 1. The van der Waals surface area contributed by atoms with Gasteiger partial charge < -0.3 is 19.7 Å². The fourth-order valence-electron chi connectivity index (χ4n) is 5.53. The van der Waals surface area contributed by atoms with Crippen molar-refractivity contribution in [3.8, 4) is 5.75 Å². The maximum atomic E-state index is 13.2. The highest BCUT2D eigenvalue weighted by atomic mass is 127. The molecule has 2 fully saturated rings. The van der Waals surface area contributed by atoms with E-state index in [4.69, 9.17) is 14.5 Å². The monoisotopic (exact) mass is 714 g/mol. The van der Waals surface area contributed by atoms with Gasteiger partial charge in [0.25, 0.3) is 5.91 Å². The molecular weight excluding hydrogens is 671 g/mol.